The number of nitriles is 1. The van der Waals surface area contributed by atoms with Crippen LogP contribution in [0.25, 0.3) is 0 Å². The van der Waals surface area contributed by atoms with Crippen molar-refractivity contribution in [2.24, 2.45) is 0 Å². The van der Waals surface area contributed by atoms with Crippen LogP contribution in [0.3, 0.4) is 0 Å². The Labute approximate surface area is 177 Å². The standard InChI is InChI=1S/C22H18N2O5S/c1-27-18-10-16(22(26)29-13-15-7-5-14(12-23)6-8-15)17(11-19(18)28-2)24-21(25)20-4-3-9-30-20/h3-11H,13H2,1-2H3,(H,24,25). The van der Waals surface area contributed by atoms with Gasteiger partial charge in [-0.15, -0.1) is 11.3 Å². The third-order valence-corrected chi connectivity index (χ3v) is 5.06. The molecule has 3 rings (SSSR count). The number of anilines is 1. The molecule has 0 atom stereocenters. The lowest BCUT2D eigenvalue weighted by Gasteiger charge is -2.15. The van der Waals surface area contributed by atoms with Gasteiger partial charge in [-0.2, -0.15) is 5.26 Å². The fraction of sp³-hybridized carbons (Fsp3) is 0.136. The maximum absolute atomic E-state index is 12.8. The van der Waals surface area contributed by atoms with Crippen molar-refractivity contribution in [3.8, 4) is 17.6 Å². The zero-order valence-corrected chi connectivity index (χ0v) is 17.1. The molecular weight excluding hydrogens is 404 g/mol. The molecule has 3 aromatic rings. The van der Waals surface area contributed by atoms with Crippen molar-refractivity contribution in [1.82, 2.24) is 0 Å². The van der Waals surface area contributed by atoms with Crippen LogP contribution < -0.4 is 14.8 Å². The molecular formula is C22H18N2O5S. The molecule has 7 nitrogen and oxygen atoms in total. The molecule has 30 heavy (non-hydrogen) atoms. The van der Waals surface area contributed by atoms with Crippen molar-refractivity contribution in [3.63, 3.8) is 0 Å². The van der Waals surface area contributed by atoms with E-state index in [4.69, 9.17) is 19.5 Å². The first-order valence-electron chi connectivity index (χ1n) is 8.82. The van der Waals surface area contributed by atoms with Crippen molar-refractivity contribution in [2.75, 3.05) is 19.5 Å². The number of carbonyl (C=O) groups is 2. The van der Waals surface area contributed by atoms with Gasteiger partial charge >= 0.3 is 5.97 Å². The number of carbonyl (C=O) groups excluding carboxylic acids is 2. The SMILES string of the molecule is COc1cc(NC(=O)c2cccs2)c(C(=O)OCc2ccc(C#N)cc2)cc1OC. The number of esters is 1. The van der Waals surface area contributed by atoms with Crippen LogP contribution in [0.5, 0.6) is 11.5 Å². The second-order valence-corrected chi connectivity index (χ2v) is 7.02. The molecule has 0 fully saturated rings. The largest absolute Gasteiger partial charge is 0.493 e. The summed E-state index contributed by atoms with van der Waals surface area (Å²) in [6.07, 6.45) is 0. The van der Waals surface area contributed by atoms with Gasteiger partial charge in [-0.05, 0) is 29.1 Å². The lowest BCUT2D eigenvalue weighted by Crippen LogP contribution is -2.15. The third-order valence-electron chi connectivity index (χ3n) is 4.19. The number of hydrogen-bond acceptors (Lipinski definition) is 7. The Morgan fingerprint density at radius 3 is 2.37 bits per heavy atom. The lowest BCUT2D eigenvalue weighted by molar-refractivity contribution is 0.0473. The molecule has 0 bridgehead atoms. The van der Waals surface area contributed by atoms with Gasteiger partial charge in [-0.25, -0.2) is 4.79 Å². The Hall–Kier alpha value is -3.83. The predicted molar refractivity (Wildman–Crippen MR) is 112 cm³/mol. The van der Waals surface area contributed by atoms with Gasteiger partial charge in [-0.3, -0.25) is 4.79 Å². The van der Waals surface area contributed by atoms with E-state index in [0.29, 0.717) is 21.9 Å². The first-order valence-corrected chi connectivity index (χ1v) is 9.70. The van der Waals surface area contributed by atoms with Crippen molar-refractivity contribution >= 4 is 28.9 Å². The molecule has 0 aliphatic carbocycles. The summed E-state index contributed by atoms with van der Waals surface area (Å²) in [7, 11) is 2.92. The summed E-state index contributed by atoms with van der Waals surface area (Å²) in [6.45, 7) is 0.0111. The van der Waals surface area contributed by atoms with E-state index >= 15 is 0 Å². The van der Waals surface area contributed by atoms with Gasteiger partial charge in [0.15, 0.2) is 11.5 Å². The minimum Gasteiger partial charge on any atom is -0.493 e. The van der Waals surface area contributed by atoms with Gasteiger partial charge in [0.1, 0.15) is 6.61 Å². The Kier molecular flexibility index (Phi) is 6.67. The third kappa shape index (κ3) is 4.77. The van der Waals surface area contributed by atoms with Crippen LogP contribution in [0.2, 0.25) is 0 Å². The molecule has 8 heteroatoms. The molecule has 0 aliphatic heterocycles. The molecule has 0 saturated carbocycles. The molecule has 0 unspecified atom stereocenters. The number of ether oxygens (including phenoxy) is 3. The fourth-order valence-corrected chi connectivity index (χ4v) is 3.26. The summed E-state index contributed by atoms with van der Waals surface area (Å²) in [5, 5.41) is 13.4. The summed E-state index contributed by atoms with van der Waals surface area (Å²) in [5.41, 5.74) is 1.62. The van der Waals surface area contributed by atoms with Gasteiger partial charge in [0.2, 0.25) is 0 Å². The van der Waals surface area contributed by atoms with Crippen LogP contribution in [0.4, 0.5) is 5.69 Å². The highest BCUT2D eigenvalue weighted by atomic mass is 32.1. The second kappa shape index (κ2) is 9.58. The van der Waals surface area contributed by atoms with Gasteiger partial charge < -0.3 is 19.5 Å². The van der Waals surface area contributed by atoms with Crippen molar-refractivity contribution in [1.29, 1.82) is 5.26 Å². The number of amides is 1. The van der Waals surface area contributed by atoms with Crippen molar-refractivity contribution in [3.05, 3.63) is 75.5 Å². The molecule has 0 aliphatic rings. The number of hydrogen-bond donors (Lipinski definition) is 1. The van der Waals surface area contributed by atoms with Crippen molar-refractivity contribution in [2.45, 2.75) is 6.61 Å². The van der Waals surface area contributed by atoms with E-state index in [0.717, 1.165) is 5.56 Å². The second-order valence-electron chi connectivity index (χ2n) is 6.07. The van der Waals surface area contributed by atoms with Crippen LogP contribution in [0.15, 0.2) is 53.9 Å². The Bertz CT molecular complexity index is 1090. The van der Waals surface area contributed by atoms with Gasteiger partial charge in [-0.1, -0.05) is 18.2 Å². The molecule has 1 amide bonds. The summed E-state index contributed by atoms with van der Waals surface area (Å²) in [4.78, 5) is 25.8. The molecule has 1 heterocycles. The van der Waals surface area contributed by atoms with Crippen molar-refractivity contribution < 1.29 is 23.8 Å². The Balaban J connectivity index is 1.85. The average Bonchev–Trinajstić information content (AvgIpc) is 3.32. The van der Waals surface area contributed by atoms with Gasteiger partial charge in [0, 0.05) is 12.1 Å². The summed E-state index contributed by atoms with van der Waals surface area (Å²) in [6, 6.07) is 15.2. The summed E-state index contributed by atoms with van der Waals surface area (Å²) in [5.74, 6) is -0.292. The number of rotatable bonds is 7. The van der Waals surface area contributed by atoms with E-state index in [1.807, 2.05) is 6.07 Å². The van der Waals surface area contributed by atoms with E-state index in [9.17, 15) is 9.59 Å². The predicted octanol–water partition coefficient (Wildman–Crippen LogP) is 4.25. The first kappa shape index (κ1) is 20.9. The average molecular weight is 422 g/mol. The maximum atomic E-state index is 12.8. The minimum absolute atomic E-state index is 0.0111. The molecule has 2 aromatic carbocycles. The smallest absolute Gasteiger partial charge is 0.340 e. The summed E-state index contributed by atoms with van der Waals surface area (Å²) >= 11 is 1.29. The lowest BCUT2D eigenvalue weighted by atomic mass is 10.1. The highest BCUT2D eigenvalue weighted by Crippen LogP contribution is 2.34. The number of methoxy groups -OCH3 is 2. The topological polar surface area (TPSA) is 97.6 Å². The normalized spacial score (nSPS) is 10.0. The van der Waals surface area contributed by atoms with Gasteiger partial charge in [0.05, 0.1) is 42.0 Å². The highest BCUT2D eigenvalue weighted by molar-refractivity contribution is 7.12. The quantitative estimate of drug-likeness (QED) is 0.572. The van der Waals surface area contributed by atoms with Crippen LogP contribution in [0.1, 0.15) is 31.2 Å². The maximum Gasteiger partial charge on any atom is 0.340 e. The first-order chi connectivity index (χ1) is 14.5. The fourth-order valence-electron chi connectivity index (χ4n) is 2.65. The zero-order valence-electron chi connectivity index (χ0n) is 16.3. The van der Waals surface area contributed by atoms with E-state index in [1.165, 1.54) is 37.7 Å². The Morgan fingerprint density at radius 1 is 1.07 bits per heavy atom. The number of benzene rings is 2. The Morgan fingerprint density at radius 2 is 1.77 bits per heavy atom. The van der Waals surface area contributed by atoms with Crippen LogP contribution >= 0.6 is 11.3 Å². The number of nitrogens with zero attached hydrogens (tertiary/aromatic N) is 1. The monoisotopic (exact) mass is 422 g/mol. The van der Waals surface area contributed by atoms with E-state index in [2.05, 4.69) is 5.32 Å². The van der Waals surface area contributed by atoms with E-state index in [1.54, 1.807) is 41.8 Å². The highest BCUT2D eigenvalue weighted by Gasteiger charge is 2.20. The molecule has 0 radical (unpaired) electrons. The molecule has 0 spiro atoms. The zero-order chi connectivity index (χ0) is 21.5. The van der Waals surface area contributed by atoms with Crippen LogP contribution in [0, 0.1) is 11.3 Å². The summed E-state index contributed by atoms with van der Waals surface area (Å²) < 4.78 is 16.0. The van der Waals surface area contributed by atoms with E-state index in [-0.39, 0.29) is 23.8 Å². The van der Waals surface area contributed by atoms with Crippen LogP contribution in [-0.4, -0.2) is 26.1 Å². The van der Waals surface area contributed by atoms with E-state index < -0.39 is 5.97 Å². The number of nitrogens with one attached hydrogen (secondary N) is 1. The molecule has 1 N–H and O–H groups in total. The number of thiophene rings is 1. The van der Waals surface area contributed by atoms with Crippen LogP contribution in [-0.2, 0) is 11.3 Å². The van der Waals surface area contributed by atoms with Gasteiger partial charge in [0.25, 0.3) is 5.91 Å². The molecule has 1 aromatic heterocycles. The molecule has 152 valence electrons. The minimum atomic E-state index is -0.637. The molecule has 0 saturated heterocycles.